The maximum atomic E-state index is 5.34. The molecule has 3 heterocycles. The third-order valence-electron chi connectivity index (χ3n) is 2.86. The molecule has 0 fully saturated rings. The van der Waals surface area contributed by atoms with Crippen LogP contribution < -0.4 is 5.32 Å². The van der Waals surface area contributed by atoms with E-state index in [1.807, 2.05) is 17.5 Å². The Morgan fingerprint density at radius 3 is 3.00 bits per heavy atom. The van der Waals surface area contributed by atoms with Gasteiger partial charge >= 0.3 is 0 Å². The van der Waals surface area contributed by atoms with Gasteiger partial charge in [0.05, 0.1) is 6.26 Å². The molecule has 0 aliphatic rings. The minimum atomic E-state index is 0.393. The fourth-order valence-electron chi connectivity index (χ4n) is 1.58. The number of thiazole rings is 1. The van der Waals surface area contributed by atoms with E-state index < -0.39 is 0 Å². The van der Waals surface area contributed by atoms with Crippen LogP contribution in [0.4, 0.5) is 5.13 Å². The third-order valence-corrected chi connectivity index (χ3v) is 4.60. The summed E-state index contributed by atoms with van der Waals surface area (Å²) in [5.41, 5.74) is 0.844. The van der Waals surface area contributed by atoms with E-state index >= 15 is 0 Å². The molecule has 0 aromatic carbocycles. The Labute approximate surface area is 124 Å². The molecule has 3 aromatic heterocycles. The molecule has 20 heavy (non-hydrogen) atoms. The SMILES string of the molecule is CCC(C)Nc1nnc(-c2csc(-c3ccco3)n2)s1. The molecule has 0 spiro atoms. The second kappa shape index (κ2) is 5.72. The molecule has 5 nitrogen and oxygen atoms in total. The summed E-state index contributed by atoms with van der Waals surface area (Å²) in [6.45, 7) is 4.26. The van der Waals surface area contributed by atoms with Gasteiger partial charge in [0.15, 0.2) is 15.8 Å². The maximum absolute atomic E-state index is 5.34. The fraction of sp³-hybridized carbons (Fsp3) is 0.308. The lowest BCUT2D eigenvalue weighted by atomic mass is 10.3. The molecule has 0 saturated carbocycles. The van der Waals surface area contributed by atoms with Gasteiger partial charge in [-0.1, -0.05) is 18.3 Å². The van der Waals surface area contributed by atoms with Crippen LogP contribution in [-0.4, -0.2) is 21.2 Å². The summed E-state index contributed by atoms with van der Waals surface area (Å²) in [6.07, 6.45) is 2.70. The number of anilines is 1. The summed E-state index contributed by atoms with van der Waals surface area (Å²) >= 11 is 3.06. The summed E-state index contributed by atoms with van der Waals surface area (Å²) in [5.74, 6) is 0.781. The first-order valence-corrected chi connectivity index (χ1v) is 8.05. The second-order valence-electron chi connectivity index (χ2n) is 4.38. The largest absolute Gasteiger partial charge is 0.462 e. The zero-order valence-corrected chi connectivity index (χ0v) is 12.8. The molecule has 104 valence electrons. The van der Waals surface area contributed by atoms with Crippen LogP contribution in [0.5, 0.6) is 0 Å². The number of rotatable bonds is 5. The molecule has 1 N–H and O–H groups in total. The lowest BCUT2D eigenvalue weighted by molar-refractivity contribution is 0.582. The van der Waals surface area contributed by atoms with E-state index in [9.17, 15) is 0 Å². The van der Waals surface area contributed by atoms with E-state index in [-0.39, 0.29) is 0 Å². The van der Waals surface area contributed by atoms with Gasteiger partial charge in [0, 0.05) is 11.4 Å². The van der Waals surface area contributed by atoms with E-state index in [0.29, 0.717) is 6.04 Å². The van der Waals surface area contributed by atoms with Crippen LogP contribution in [0, 0.1) is 0 Å². The van der Waals surface area contributed by atoms with Gasteiger partial charge in [-0.3, -0.25) is 0 Å². The Hall–Kier alpha value is -1.73. The van der Waals surface area contributed by atoms with Gasteiger partial charge in [0.2, 0.25) is 5.13 Å². The van der Waals surface area contributed by atoms with Gasteiger partial charge in [-0.05, 0) is 25.5 Å². The predicted octanol–water partition coefficient (Wildman–Crippen LogP) is 4.13. The van der Waals surface area contributed by atoms with Crippen molar-refractivity contribution in [3.05, 3.63) is 23.8 Å². The van der Waals surface area contributed by atoms with Gasteiger partial charge in [-0.15, -0.1) is 21.5 Å². The molecular weight excluding hydrogens is 292 g/mol. The summed E-state index contributed by atoms with van der Waals surface area (Å²) in [4.78, 5) is 4.54. The molecule has 3 aromatic rings. The molecular formula is C13H14N4OS2. The number of aromatic nitrogens is 3. The van der Waals surface area contributed by atoms with Gasteiger partial charge in [-0.25, -0.2) is 4.98 Å². The normalized spacial score (nSPS) is 12.5. The predicted molar refractivity (Wildman–Crippen MR) is 82.1 cm³/mol. The first-order chi connectivity index (χ1) is 9.76. The minimum absolute atomic E-state index is 0.393. The van der Waals surface area contributed by atoms with Crippen molar-refractivity contribution in [3.63, 3.8) is 0 Å². The summed E-state index contributed by atoms with van der Waals surface area (Å²) in [5, 5.41) is 16.2. The van der Waals surface area contributed by atoms with Crippen molar-refractivity contribution >= 4 is 27.8 Å². The van der Waals surface area contributed by atoms with E-state index in [0.717, 1.165) is 33.0 Å². The highest BCUT2D eigenvalue weighted by Crippen LogP contribution is 2.31. The van der Waals surface area contributed by atoms with Crippen molar-refractivity contribution in [3.8, 4) is 21.5 Å². The van der Waals surface area contributed by atoms with Crippen LogP contribution in [-0.2, 0) is 0 Å². The van der Waals surface area contributed by atoms with Gasteiger partial charge in [0.1, 0.15) is 5.69 Å². The first-order valence-electron chi connectivity index (χ1n) is 6.36. The number of hydrogen-bond acceptors (Lipinski definition) is 7. The Kier molecular flexibility index (Phi) is 3.79. The second-order valence-corrected chi connectivity index (χ2v) is 6.22. The van der Waals surface area contributed by atoms with E-state index in [4.69, 9.17) is 4.42 Å². The summed E-state index contributed by atoms with van der Waals surface area (Å²) in [6, 6.07) is 4.15. The minimum Gasteiger partial charge on any atom is -0.462 e. The van der Waals surface area contributed by atoms with Gasteiger partial charge in [-0.2, -0.15) is 0 Å². The molecule has 0 aliphatic carbocycles. The maximum Gasteiger partial charge on any atom is 0.206 e. The first kappa shape index (κ1) is 13.3. The number of nitrogens with one attached hydrogen (secondary N) is 1. The molecule has 3 rings (SSSR count). The Morgan fingerprint density at radius 1 is 1.35 bits per heavy atom. The molecule has 1 unspecified atom stereocenters. The highest BCUT2D eigenvalue weighted by atomic mass is 32.1. The van der Waals surface area contributed by atoms with Crippen LogP contribution in [0.1, 0.15) is 20.3 Å². The van der Waals surface area contributed by atoms with Crippen molar-refractivity contribution in [2.45, 2.75) is 26.3 Å². The average molecular weight is 306 g/mol. The van der Waals surface area contributed by atoms with Crippen molar-refractivity contribution in [1.29, 1.82) is 0 Å². The van der Waals surface area contributed by atoms with Gasteiger partial charge < -0.3 is 9.73 Å². The number of nitrogens with zero attached hydrogens (tertiary/aromatic N) is 3. The van der Waals surface area contributed by atoms with Crippen molar-refractivity contribution < 1.29 is 4.42 Å². The van der Waals surface area contributed by atoms with E-state index in [1.54, 1.807) is 17.6 Å². The monoisotopic (exact) mass is 306 g/mol. The zero-order valence-electron chi connectivity index (χ0n) is 11.2. The summed E-state index contributed by atoms with van der Waals surface area (Å²) in [7, 11) is 0. The van der Waals surface area contributed by atoms with Crippen molar-refractivity contribution in [1.82, 2.24) is 15.2 Å². The van der Waals surface area contributed by atoms with Crippen LogP contribution in [0.15, 0.2) is 28.2 Å². The standard InChI is InChI=1S/C13H14N4OS2/c1-3-8(2)14-13-17-16-11(20-13)9-7-19-12(15-9)10-5-4-6-18-10/h4-8H,3H2,1-2H3,(H,14,17). The molecule has 0 radical (unpaired) electrons. The molecule has 0 saturated heterocycles. The molecule has 0 bridgehead atoms. The summed E-state index contributed by atoms with van der Waals surface area (Å²) < 4.78 is 5.34. The Balaban J connectivity index is 1.80. The van der Waals surface area contributed by atoms with Gasteiger partial charge in [0.25, 0.3) is 0 Å². The molecule has 1 atom stereocenters. The van der Waals surface area contributed by atoms with Crippen molar-refractivity contribution in [2.24, 2.45) is 0 Å². The number of hydrogen-bond donors (Lipinski definition) is 1. The third kappa shape index (κ3) is 2.73. The highest BCUT2D eigenvalue weighted by molar-refractivity contribution is 7.19. The fourth-order valence-corrected chi connectivity index (χ4v) is 3.24. The van der Waals surface area contributed by atoms with Crippen LogP contribution in [0.25, 0.3) is 21.5 Å². The zero-order chi connectivity index (χ0) is 13.9. The van der Waals surface area contributed by atoms with Crippen LogP contribution >= 0.6 is 22.7 Å². The lowest BCUT2D eigenvalue weighted by Gasteiger charge is -2.07. The van der Waals surface area contributed by atoms with E-state index in [2.05, 4.69) is 34.3 Å². The van der Waals surface area contributed by atoms with E-state index in [1.165, 1.54) is 11.3 Å². The molecule has 0 amide bonds. The Bertz CT molecular complexity index is 674. The molecule has 0 aliphatic heterocycles. The Morgan fingerprint density at radius 2 is 2.25 bits per heavy atom. The quantitative estimate of drug-likeness (QED) is 0.767. The van der Waals surface area contributed by atoms with Crippen LogP contribution in [0.3, 0.4) is 0 Å². The lowest BCUT2D eigenvalue weighted by Crippen LogP contribution is -2.12. The van der Waals surface area contributed by atoms with Crippen LogP contribution in [0.2, 0.25) is 0 Å². The smallest absolute Gasteiger partial charge is 0.206 e. The highest BCUT2D eigenvalue weighted by Gasteiger charge is 2.13. The number of furan rings is 1. The average Bonchev–Trinajstić information content (AvgIpc) is 3.18. The van der Waals surface area contributed by atoms with Crippen molar-refractivity contribution in [2.75, 3.05) is 5.32 Å². The molecule has 7 heteroatoms. The topological polar surface area (TPSA) is 63.8 Å².